The molecule has 0 aliphatic rings. The first-order valence-electron chi connectivity index (χ1n) is 4.36. The van der Waals surface area contributed by atoms with Crippen LogP contribution in [-0.4, -0.2) is 9.97 Å². The summed E-state index contributed by atoms with van der Waals surface area (Å²) in [5.41, 5.74) is 1.72. The van der Waals surface area contributed by atoms with E-state index in [1.165, 1.54) is 12.1 Å². The van der Waals surface area contributed by atoms with E-state index in [1.807, 2.05) is 12.1 Å². The molecule has 0 amide bonds. The summed E-state index contributed by atoms with van der Waals surface area (Å²) in [6.45, 7) is 0. The number of aromatic amines is 1. The number of halogens is 1. The van der Waals surface area contributed by atoms with Gasteiger partial charge in [-0.15, -0.1) is 0 Å². The van der Waals surface area contributed by atoms with Gasteiger partial charge in [0.1, 0.15) is 11.5 Å². The Morgan fingerprint density at radius 3 is 3.00 bits per heavy atom. The van der Waals surface area contributed by atoms with Crippen LogP contribution in [-0.2, 0) is 0 Å². The molecule has 0 fully saturated rings. The van der Waals surface area contributed by atoms with Crippen molar-refractivity contribution >= 4 is 21.9 Å². The molecular formula is C11H7FN2. The van der Waals surface area contributed by atoms with Gasteiger partial charge >= 0.3 is 0 Å². The van der Waals surface area contributed by atoms with Gasteiger partial charge in [-0.25, -0.2) is 9.37 Å². The molecule has 0 unspecified atom stereocenters. The van der Waals surface area contributed by atoms with Crippen LogP contribution in [0.5, 0.6) is 0 Å². The Balaban J connectivity index is 2.58. The van der Waals surface area contributed by atoms with Gasteiger partial charge in [0.15, 0.2) is 0 Å². The molecule has 0 spiro atoms. The fourth-order valence-electron chi connectivity index (χ4n) is 1.70. The van der Waals surface area contributed by atoms with E-state index in [9.17, 15) is 4.39 Å². The molecule has 0 aliphatic heterocycles. The molecule has 1 aromatic carbocycles. The van der Waals surface area contributed by atoms with Crippen molar-refractivity contribution in [2.75, 3.05) is 0 Å². The number of pyridine rings is 1. The van der Waals surface area contributed by atoms with E-state index in [1.54, 1.807) is 12.3 Å². The lowest BCUT2D eigenvalue weighted by molar-refractivity contribution is 0.630. The number of nitrogens with zero attached hydrogens (tertiary/aromatic N) is 1. The fraction of sp³-hybridized carbons (Fsp3) is 0. The van der Waals surface area contributed by atoms with Gasteiger partial charge in [0, 0.05) is 22.5 Å². The summed E-state index contributed by atoms with van der Waals surface area (Å²) < 4.78 is 13.0. The van der Waals surface area contributed by atoms with Crippen molar-refractivity contribution in [3.05, 3.63) is 42.3 Å². The normalized spacial score (nSPS) is 11.2. The largest absolute Gasteiger partial charge is 0.339 e. The van der Waals surface area contributed by atoms with E-state index >= 15 is 0 Å². The third kappa shape index (κ3) is 0.923. The van der Waals surface area contributed by atoms with Crippen LogP contribution in [0, 0.1) is 5.82 Å². The maximum absolute atomic E-state index is 13.0. The third-order valence-corrected chi connectivity index (χ3v) is 2.33. The molecule has 2 aromatic heterocycles. The second-order valence-corrected chi connectivity index (χ2v) is 3.21. The standard InChI is InChI=1S/C11H7FN2/c12-7-3-4-10-9(6-7)8-2-1-5-13-11(8)14-10/h1-6H,(H,13,14). The molecule has 0 atom stereocenters. The number of rotatable bonds is 0. The van der Waals surface area contributed by atoms with Crippen LogP contribution < -0.4 is 0 Å². The van der Waals surface area contributed by atoms with Crippen LogP contribution in [0.4, 0.5) is 4.39 Å². The van der Waals surface area contributed by atoms with E-state index in [2.05, 4.69) is 9.97 Å². The Kier molecular flexibility index (Phi) is 1.36. The van der Waals surface area contributed by atoms with E-state index in [0.717, 1.165) is 21.9 Å². The second-order valence-electron chi connectivity index (χ2n) is 3.21. The lowest BCUT2D eigenvalue weighted by Crippen LogP contribution is -1.71. The molecule has 14 heavy (non-hydrogen) atoms. The van der Waals surface area contributed by atoms with Crippen LogP contribution in [0.3, 0.4) is 0 Å². The third-order valence-electron chi connectivity index (χ3n) is 2.33. The summed E-state index contributed by atoms with van der Waals surface area (Å²) >= 11 is 0. The molecule has 3 rings (SSSR count). The number of nitrogens with one attached hydrogen (secondary N) is 1. The van der Waals surface area contributed by atoms with Gasteiger partial charge in [-0.1, -0.05) is 0 Å². The van der Waals surface area contributed by atoms with Crippen LogP contribution in [0.1, 0.15) is 0 Å². The topological polar surface area (TPSA) is 28.7 Å². The number of H-pyrrole nitrogens is 1. The minimum absolute atomic E-state index is 0.220. The van der Waals surface area contributed by atoms with E-state index < -0.39 is 0 Å². The maximum atomic E-state index is 13.0. The van der Waals surface area contributed by atoms with Gasteiger partial charge < -0.3 is 4.98 Å². The Morgan fingerprint density at radius 1 is 1.14 bits per heavy atom. The molecule has 68 valence electrons. The highest BCUT2D eigenvalue weighted by Crippen LogP contribution is 2.23. The molecule has 3 heteroatoms. The van der Waals surface area contributed by atoms with Crippen molar-refractivity contribution in [3.8, 4) is 0 Å². The zero-order valence-corrected chi connectivity index (χ0v) is 7.29. The lowest BCUT2D eigenvalue weighted by atomic mass is 10.2. The second kappa shape index (κ2) is 2.54. The van der Waals surface area contributed by atoms with Gasteiger partial charge in [0.25, 0.3) is 0 Å². The monoisotopic (exact) mass is 186 g/mol. The van der Waals surface area contributed by atoms with E-state index in [4.69, 9.17) is 0 Å². The molecule has 2 nitrogen and oxygen atoms in total. The van der Waals surface area contributed by atoms with Crippen molar-refractivity contribution in [1.29, 1.82) is 0 Å². The maximum Gasteiger partial charge on any atom is 0.138 e. The Hall–Kier alpha value is -1.90. The zero-order valence-electron chi connectivity index (χ0n) is 7.29. The first kappa shape index (κ1) is 7.50. The van der Waals surface area contributed by atoms with Crippen LogP contribution in [0.2, 0.25) is 0 Å². The molecule has 0 radical (unpaired) electrons. The van der Waals surface area contributed by atoms with E-state index in [-0.39, 0.29) is 5.82 Å². The summed E-state index contributed by atoms with van der Waals surface area (Å²) in [5, 5.41) is 1.84. The number of benzene rings is 1. The molecule has 2 heterocycles. The fourth-order valence-corrected chi connectivity index (χ4v) is 1.70. The van der Waals surface area contributed by atoms with Crippen LogP contribution >= 0.6 is 0 Å². The highest BCUT2D eigenvalue weighted by atomic mass is 19.1. The molecule has 0 saturated heterocycles. The predicted octanol–water partition coefficient (Wildman–Crippen LogP) is 2.86. The Morgan fingerprint density at radius 2 is 2.07 bits per heavy atom. The highest BCUT2D eigenvalue weighted by molar-refractivity contribution is 6.05. The van der Waals surface area contributed by atoms with Crippen molar-refractivity contribution in [1.82, 2.24) is 9.97 Å². The van der Waals surface area contributed by atoms with E-state index in [0.29, 0.717) is 0 Å². The van der Waals surface area contributed by atoms with Crippen molar-refractivity contribution in [2.24, 2.45) is 0 Å². The number of aromatic nitrogens is 2. The smallest absolute Gasteiger partial charge is 0.138 e. The van der Waals surface area contributed by atoms with Crippen molar-refractivity contribution < 1.29 is 4.39 Å². The highest BCUT2D eigenvalue weighted by Gasteiger charge is 2.04. The molecule has 3 aromatic rings. The summed E-state index contributed by atoms with van der Waals surface area (Å²) in [6, 6.07) is 8.47. The number of hydrogen-bond acceptors (Lipinski definition) is 1. The molecule has 0 aliphatic carbocycles. The van der Waals surface area contributed by atoms with Crippen LogP contribution in [0.15, 0.2) is 36.5 Å². The minimum Gasteiger partial charge on any atom is -0.339 e. The summed E-state index contributed by atoms with van der Waals surface area (Å²) in [5.74, 6) is -0.220. The number of fused-ring (bicyclic) bond motifs is 3. The minimum atomic E-state index is -0.220. The first-order valence-corrected chi connectivity index (χ1v) is 4.36. The number of hydrogen-bond donors (Lipinski definition) is 1. The summed E-state index contributed by atoms with van der Waals surface area (Å²) in [6.07, 6.45) is 1.72. The van der Waals surface area contributed by atoms with Gasteiger partial charge in [-0.05, 0) is 30.3 Å². The predicted molar refractivity (Wildman–Crippen MR) is 53.6 cm³/mol. The average molecular weight is 186 g/mol. The zero-order chi connectivity index (χ0) is 9.54. The Bertz CT molecular complexity index is 613. The summed E-state index contributed by atoms with van der Waals surface area (Å²) in [7, 11) is 0. The molecular weight excluding hydrogens is 179 g/mol. The Labute approximate surface area is 79.4 Å². The van der Waals surface area contributed by atoms with Crippen molar-refractivity contribution in [3.63, 3.8) is 0 Å². The molecule has 0 saturated carbocycles. The lowest BCUT2D eigenvalue weighted by Gasteiger charge is -1.89. The van der Waals surface area contributed by atoms with Crippen molar-refractivity contribution in [2.45, 2.75) is 0 Å². The first-order chi connectivity index (χ1) is 6.84. The van der Waals surface area contributed by atoms with Gasteiger partial charge in [0.05, 0.1) is 0 Å². The van der Waals surface area contributed by atoms with Gasteiger partial charge in [0.2, 0.25) is 0 Å². The molecule has 1 N–H and O–H groups in total. The average Bonchev–Trinajstić information content (AvgIpc) is 2.56. The van der Waals surface area contributed by atoms with Gasteiger partial charge in [-0.2, -0.15) is 0 Å². The summed E-state index contributed by atoms with van der Waals surface area (Å²) in [4.78, 5) is 7.30. The SMILES string of the molecule is Fc1ccc2[nH]c3ncccc3c2c1. The van der Waals surface area contributed by atoms with Gasteiger partial charge in [-0.3, -0.25) is 0 Å². The molecule has 0 bridgehead atoms. The quantitative estimate of drug-likeness (QED) is 0.574. The van der Waals surface area contributed by atoms with Crippen LogP contribution in [0.25, 0.3) is 21.9 Å².